The van der Waals surface area contributed by atoms with E-state index in [2.05, 4.69) is 20.1 Å². The van der Waals surface area contributed by atoms with Gasteiger partial charge in [0, 0.05) is 45.1 Å². The van der Waals surface area contributed by atoms with Gasteiger partial charge >= 0.3 is 0 Å². The molecule has 11 heteroatoms. The highest BCUT2D eigenvalue weighted by Gasteiger charge is 2.28. The van der Waals surface area contributed by atoms with Gasteiger partial charge in [0.2, 0.25) is 10.0 Å². The molecule has 1 fully saturated rings. The zero-order chi connectivity index (χ0) is 20.4. The van der Waals surface area contributed by atoms with Crippen LogP contribution in [0.2, 0.25) is 0 Å². The van der Waals surface area contributed by atoms with Crippen LogP contribution in [-0.4, -0.2) is 52.0 Å². The van der Waals surface area contributed by atoms with Crippen molar-refractivity contribution in [1.29, 1.82) is 0 Å². The van der Waals surface area contributed by atoms with Crippen LogP contribution in [0.15, 0.2) is 23.1 Å². The maximum absolute atomic E-state index is 12.8. The Kier molecular flexibility index (Phi) is 5.50. The van der Waals surface area contributed by atoms with Crippen LogP contribution in [0.1, 0.15) is 37.3 Å². The molecule has 1 aromatic heterocycles. The summed E-state index contributed by atoms with van der Waals surface area (Å²) in [5, 5.41) is 22.9. The number of anilines is 1. The van der Waals surface area contributed by atoms with Gasteiger partial charge in [0.1, 0.15) is 17.3 Å². The lowest BCUT2D eigenvalue weighted by molar-refractivity contribution is -0.384. The van der Waals surface area contributed by atoms with E-state index in [0.29, 0.717) is 31.7 Å². The molecule has 10 nitrogen and oxygen atoms in total. The van der Waals surface area contributed by atoms with Crippen molar-refractivity contribution in [3.63, 3.8) is 0 Å². The number of fused-ring (bicyclic) bond motifs is 1. The fourth-order valence-electron chi connectivity index (χ4n) is 3.93. The Bertz CT molecular complexity index is 1010. The SMILES string of the molecule is O=[N+]([O-])c1cc(S(=O)(=O)N2CCCCC2)ccc1NCCc1nnc2n1CCC2. The summed E-state index contributed by atoms with van der Waals surface area (Å²) in [5.41, 5.74) is 0.0586. The second-order valence-electron chi connectivity index (χ2n) is 7.37. The van der Waals surface area contributed by atoms with Gasteiger partial charge in [0.05, 0.1) is 9.82 Å². The van der Waals surface area contributed by atoms with Crippen molar-refractivity contribution in [2.45, 2.75) is 50.0 Å². The van der Waals surface area contributed by atoms with Gasteiger partial charge in [0.25, 0.3) is 5.69 Å². The summed E-state index contributed by atoms with van der Waals surface area (Å²) in [5.74, 6) is 1.84. The van der Waals surface area contributed by atoms with E-state index in [0.717, 1.165) is 56.4 Å². The zero-order valence-corrected chi connectivity index (χ0v) is 16.9. The maximum atomic E-state index is 12.8. The van der Waals surface area contributed by atoms with Crippen molar-refractivity contribution >= 4 is 21.4 Å². The first-order chi connectivity index (χ1) is 14.0. The standard InChI is InChI=1S/C18H24N6O4S/c25-24(26)16-13-14(29(27,28)22-10-2-1-3-11-22)6-7-15(16)19-9-8-18-21-20-17-5-4-12-23(17)18/h6-7,13,19H,1-5,8-12H2. The van der Waals surface area contributed by atoms with E-state index in [4.69, 9.17) is 0 Å². The number of benzene rings is 1. The van der Waals surface area contributed by atoms with Crippen molar-refractivity contribution in [3.8, 4) is 0 Å². The minimum atomic E-state index is -3.72. The fraction of sp³-hybridized carbons (Fsp3) is 0.556. The van der Waals surface area contributed by atoms with Crippen molar-refractivity contribution < 1.29 is 13.3 Å². The van der Waals surface area contributed by atoms with Gasteiger partial charge < -0.3 is 9.88 Å². The van der Waals surface area contributed by atoms with Crippen molar-refractivity contribution in [3.05, 3.63) is 40.0 Å². The molecule has 29 heavy (non-hydrogen) atoms. The van der Waals surface area contributed by atoms with Crippen LogP contribution < -0.4 is 5.32 Å². The molecular weight excluding hydrogens is 396 g/mol. The number of nitrogens with zero attached hydrogens (tertiary/aromatic N) is 5. The van der Waals surface area contributed by atoms with Gasteiger partial charge in [-0.15, -0.1) is 10.2 Å². The van der Waals surface area contributed by atoms with E-state index in [1.54, 1.807) is 0 Å². The summed E-state index contributed by atoms with van der Waals surface area (Å²) in [6.45, 7) is 2.26. The highest BCUT2D eigenvalue weighted by molar-refractivity contribution is 7.89. The molecule has 1 saturated heterocycles. The van der Waals surface area contributed by atoms with E-state index in [9.17, 15) is 18.5 Å². The Morgan fingerprint density at radius 3 is 2.66 bits per heavy atom. The highest BCUT2D eigenvalue weighted by Crippen LogP contribution is 2.30. The smallest absolute Gasteiger partial charge is 0.293 e. The molecular formula is C18H24N6O4S. The Balaban J connectivity index is 1.49. The van der Waals surface area contributed by atoms with Crippen molar-refractivity contribution in [2.24, 2.45) is 0 Å². The third kappa shape index (κ3) is 3.97. The Morgan fingerprint density at radius 1 is 1.10 bits per heavy atom. The van der Waals surface area contributed by atoms with Crippen LogP contribution in [-0.2, 0) is 29.4 Å². The molecule has 0 saturated carbocycles. The monoisotopic (exact) mass is 420 g/mol. The number of rotatable bonds is 7. The largest absolute Gasteiger partial charge is 0.379 e. The number of piperidine rings is 1. The number of aromatic nitrogens is 3. The summed E-state index contributed by atoms with van der Waals surface area (Å²) in [7, 11) is -3.72. The van der Waals surface area contributed by atoms with Crippen LogP contribution in [0, 0.1) is 10.1 Å². The molecule has 2 aliphatic heterocycles. The second-order valence-corrected chi connectivity index (χ2v) is 9.30. The fourth-order valence-corrected chi connectivity index (χ4v) is 5.47. The highest BCUT2D eigenvalue weighted by atomic mass is 32.2. The number of nitrogens with one attached hydrogen (secondary N) is 1. The van der Waals surface area contributed by atoms with Crippen LogP contribution in [0.25, 0.3) is 0 Å². The number of nitro benzene ring substituents is 1. The topological polar surface area (TPSA) is 123 Å². The van der Waals surface area contributed by atoms with Crippen LogP contribution >= 0.6 is 0 Å². The number of hydrogen-bond acceptors (Lipinski definition) is 7. The zero-order valence-electron chi connectivity index (χ0n) is 16.1. The molecule has 2 aromatic rings. The molecule has 0 atom stereocenters. The average molecular weight is 420 g/mol. The molecule has 2 aliphatic rings. The quantitative estimate of drug-likeness (QED) is 0.536. The first kappa shape index (κ1) is 19.8. The summed E-state index contributed by atoms with van der Waals surface area (Å²) in [6.07, 6.45) is 5.20. The van der Waals surface area contributed by atoms with Gasteiger partial charge in [0.15, 0.2) is 0 Å². The van der Waals surface area contributed by atoms with E-state index < -0.39 is 14.9 Å². The number of nitro groups is 1. The molecule has 1 N–H and O–H groups in total. The van der Waals surface area contributed by atoms with E-state index in [1.807, 2.05) is 0 Å². The second kappa shape index (κ2) is 8.07. The molecule has 3 heterocycles. The van der Waals surface area contributed by atoms with Crippen molar-refractivity contribution in [2.75, 3.05) is 25.0 Å². The van der Waals surface area contributed by atoms with Gasteiger partial charge in [-0.2, -0.15) is 4.31 Å². The summed E-state index contributed by atoms with van der Waals surface area (Å²) < 4.78 is 29.1. The lowest BCUT2D eigenvalue weighted by atomic mass is 10.2. The predicted molar refractivity (Wildman–Crippen MR) is 106 cm³/mol. The first-order valence-corrected chi connectivity index (χ1v) is 11.3. The molecule has 1 aromatic carbocycles. The minimum absolute atomic E-state index is 0.0353. The van der Waals surface area contributed by atoms with Gasteiger partial charge in [-0.3, -0.25) is 10.1 Å². The summed E-state index contributed by atoms with van der Waals surface area (Å²) >= 11 is 0. The first-order valence-electron chi connectivity index (χ1n) is 9.90. The molecule has 0 radical (unpaired) electrons. The third-order valence-electron chi connectivity index (χ3n) is 5.47. The Morgan fingerprint density at radius 2 is 1.90 bits per heavy atom. The normalized spacial score (nSPS) is 17.2. The lowest BCUT2D eigenvalue weighted by Gasteiger charge is -2.25. The summed E-state index contributed by atoms with van der Waals surface area (Å²) in [4.78, 5) is 11.0. The predicted octanol–water partition coefficient (Wildman–Crippen LogP) is 1.96. The number of hydrogen-bond donors (Lipinski definition) is 1. The molecule has 0 amide bonds. The molecule has 0 aliphatic carbocycles. The average Bonchev–Trinajstić information content (AvgIpc) is 3.33. The van der Waals surface area contributed by atoms with Crippen LogP contribution in [0.5, 0.6) is 0 Å². The number of aryl methyl sites for hydroxylation is 1. The Labute approximate surface area is 169 Å². The summed E-state index contributed by atoms with van der Waals surface area (Å²) in [6, 6.07) is 4.07. The van der Waals surface area contributed by atoms with Gasteiger partial charge in [-0.25, -0.2) is 8.42 Å². The molecule has 156 valence electrons. The van der Waals surface area contributed by atoms with Crippen LogP contribution in [0.3, 0.4) is 0 Å². The lowest BCUT2D eigenvalue weighted by Crippen LogP contribution is -2.35. The van der Waals surface area contributed by atoms with Crippen LogP contribution in [0.4, 0.5) is 11.4 Å². The molecule has 0 bridgehead atoms. The van der Waals surface area contributed by atoms with Gasteiger partial charge in [-0.1, -0.05) is 6.42 Å². The Hall–Kier alpha value is -2.53. The maximum Gasteiger partial charge on any atom is 0.293 e. The van der Waals surface area contributed by atoms with E-state index >= 15 is 0 Å². The molecule has 4 rings (SSSR count). The van der Waals surface area contributed by atoms with E-state index in [-0.39, 0.29) is 10.6 Å². The molecule has 0 unspecified atom stereocenters. The van der Waals surface area contributed by atoms with E-state index in [1.165, 1.54) is 16.4 Å². The minimum Gasteiger partial charge on any atom is -0.379 e. The third-order valence-corrected chi connectivity index (χ3v) is 7.36. The van der Waals surface area contributed by atoms with Gasteiger partial charge in [-0.05, 0) is 31.4 Å². The molecule has 0 spiro atoms. The van der Waals surface area contributed by atoms with Crippen molar-refractivity contribution in [1.82, 2.24) is 19.1 Å². The number of sulfonamides is 1.